The number of ketones is 1. The van der Waals surface area contributed by atoms with Gasteiger partial charge in [-0.15, -0.1) is 0 Å². The van der Waals surface area contributed by atoms with Gasteiger partial charge in [0.1, 0.15) is 0 Å². The Hall–Kier alpha value is -6.39. The Labute approximate surface area is 318 Å². The number of aryl methyl sites for hydroxylation is 4. The van der Waals surface area contributed by atoms with Crippen molar-refractivity contribution in [1.29, 1.82) is 0 Å². The van der Waals surface area contributed by atoms with Crippen LogP contribution in [0.25, 0.3) is 55.6 Å². The van der Waals surface area contributed by atoms with Gasteiger partial charge in [0, 0.05) is 22.3 Å². The molecule has 0 radical (unpaired) electrons. The van der Waals surface area contributed by atoms with Gasteiger partial charge in [-0.2, -0.15) is 0 Å². The van der Waals surface area contributed by atoms with E-state index in [0.29, 0.717) is 28.4 Å². The minimum absolute atomic E-state index is 0.166. The third kappa shape index (κ3) is 6.79. The van der Waals surface area contributed by atoms with Gasteiger partial charge in [0.05, 0.1) is 21.3 Å². The second kappa shape index (κ2) is 15.3. The lowest BCUT2D eigenvalue weighted by Crippen LogP contribution is -2.11. The third-order valence-electron chi connectivity index (χ3n) is 10.1. The fourth-order valence-electron chi connectivity index (χ4n) is 7.26. The smallest absolute Gasteiger partial charge is 0.203 e. The van der Waals surface area contributed by atoms with Gasteiger partial charge in [-0.1, -0.05) is 150 Å². The molecule has 0 saturated heterocycles. The van der Waals surface area contributed by atoms with Crippen molar-refractivity contribution in [3.63, 3.8) is 0 Å². The van der Waals surface area contributed by atoms with E-state index in [4.69, 9.17) is 14.2 Å². The molecule has 0 amide bonds. The molecule has 0 heterocycles. The molecule has 0 atom stereocenters. The molecule has 0 unspecified atom stereocenters. The predicted molar refractivity (Wildman–Crippen MR) is 222 cm³/mol. The number of methoxy groups -OCH3 is 3. The van der Waals surface area contributed by atoms with E-state index in [1.807, 2.05) is 18.2 Å². The minimum Gasteiger partial charge on any atom is -0.493 e. The number of carbonyl (C=O) groups excluding carboxylic acids is 1. The van der Waals surface area contributed by atoms with Gasteiger partial charge in [0.25, 0.3) is 0 Å². The topological polar surface area (TPSA) is 44.8 Å². The lowest BCUT2D eigenvalue weighted by atomic mass is 9.74. The molecule has 7 aromatic carbocycles. The molecule has 7 rings (SSSR count). The van der Waals surface area contributed by atoms with Crippen molar-refractivity contribution in [2.45, 2.75) is 27.7 Å². The fraction of sp³-hybridized carbons (Fsp3) is 0.140. The van der Waals surface area contributed by atoms with Crippen LogP contribution in [0, 0.1) is 27.7 Å². The lowest BCUT2D eigenvalue weighted by molar-refractivity contribution is 0.103. The highest BCUT2D eigenvalue weighted by molar-refractivity contribution is 6.24. The van der Waals surface area contributed by atoms with Gasteiger partial charge in [-0.25, -0.2) is 0 Å². The first-order valence-electron chi connectivity index (χ1n) is 18.1. The maximum Gasteiger partial charge on any atom is 0.203 e. The summed E-state index contributed by atoms with van der Waals surface area (Å²) in [6, 6.07) is 48.3. The molecule has 0 fully saturated rings. The van der Waals surface area contributed by atoms with E-state index in [1.165, 1.54) is 5.56 Å². The molecule has 7 aromatic rings. The van der Waals surface area contributed by atoms with Crippen molar-refractivity contribution in [2.24, 2.45) is 0 Å². The average Bonchev–Trinajstić information content (AvgIpc) is 3.20. The number of rotatable bonds is 10. The van der Waals surface area contributed by atoms with E-state index in [0.717, 1.165) is 72.3 Å². The van der Waals surface area contributed by atoms with E-state index in [2.05, 4.69) is 137 Å². The summed E-state index contributed by atoms with van der Waals surface area (Å²) in [5.74, 6) is 1.08. The molecule has 0 aliphatic carbocycles. The van der Waals surface area contributed by atoms with E-state index in [1.54, 1.807) is 33.5 Å². The summed E-state index contributed by atoms with van der Waals surface area (Å²) in [6.07, 6.45) is 0. The lowest BCUT2D eigenvalue weighted by Gasteiger charge is -2.28. The molecule has 0 aromatic heterocycles. The van der Waals surface area contributed by atoms with Crippen LogP contribution in [0.3, 0.4) is 0 Å². The fourth-order valence-corrected chi connectivity index (χ4v) is 7.26. The molecular formula is C50H44O4. The minimum atomic E-state index is -0.166. The van der Waals surface area contributed by atoms with E-state index in [-0.39, 0.29) is 5.78 Å². The van der Waals surface area contributed by atoms with Crippen LogP contribution < -0.4 is 14.2 Å². The number of carbonyl (C=O) groups is 1. The summed E-state index contributed by atoms with van der Waals surface area (Å²) < 4.78 is 17.3. The SMILES string of the molecule is COc1cc(C(=O)c2c(-c3ccccc3)c(-c3ccc(C)cc3)c(-c3ccc(C)cc3)c(-c3ccc(C)cc3)c2-c2ccc(C)cc2)cc(OC)c1OC. The van der Waals surface area contributed by atoms with Crippen LogP contribution in [0.15, 0.2) is 140 Å². The third-order valence-corrected chi connectivity index (χ3v) is 10.1. The van der Waals surface area contributed by atoms with Gasteiger partial charge in [0.2, 0.25) is 5.75 Å². The summed E-state index contributed by atoms with van der Waals surface area (Å²) >= 11 is 0. The Kier molecular flexibility index (Phi) is 10.2. The van der Waals surface area contributed by atoms with Gasteiger partial charge in [-0.05, 0) is 84.3 Å². The van der Waals surface area contributed by atoms with Crippen LogP contribution in [0.5, 0.6) is 17.2 Å². The Balaban J connectivity index is 1.78. The molecular weight excluding hydrogens is 665 g/mol. The summed E-state index contributed by atoms with van der Waals surface area (Å²) in [5.41, 5.74) is 15.3. The van der Waals surface area contributed by atoms with Crippen molar-refractivity contribution in [3.05, 3.63) is 173 Å². The summed E-state index contributed by atoms with van der Waals surface area (Å²) in [4.78, 5) is 15.9. The van der Waals surface area contributed by atoms with Gasteiger partial charge in [0.15, 0.2) is 17.3 Å². The molecule has 0 N–H and O–H groups in total. The number of benzene rings is 7. The van der Waals surface area contributed by atoms with Crippen LogP contribution in [0.1, 0.15) is 38.2 Å². The maximum absolute atomic E-state index is 15.9. The standard InChI is InChI=1S/C50H44O4/c1-31-13-21-36(22-14-31)43-44(37-23-15-32(2)16-24-37)46(35-11-9-8-10-12-35)48(49(51)40-29-41(52-5)50(54-7)42(30-40)53-6)47(39-27-19-34(4)20-28-39)45(43)38-25-17-33(3)18-26-38/h8-30H,1-7H3. The Morgan fingerprint density at radius 1 is 0.389 bits per heavy atom. The zero-order chi connectivity index (χ0) is 37.9. The molecule has 4 nitrogen and oxygen atoms in total. The van der Waals surface area contributed by atoms with Crippen LogP contribution in [-0.4, -0.2) is 27.1 Å². The van der Waals surface area contributed by atoms with E-state index in [9.17, 15) is 0 Å². The summed E-state index contributed by atoms with van der Waals surface area (Å²) in [7, 11) is 4.70. The zero-order valence-corrected chi connectivity index (χ0v) is 31.9. The van der Waals surface area contributed by atoms with Crippen LogP contribution >= 0.6 is 0 Å². The quantitative estimate of drug-likeness (QED) is 0.133. The van der Waals surface area contributed by atoms with Crippen molar-refractivity contribution >= 4 is 5.78 Å². The molecule has 0 bridgehead atoms. The van der Waals surface area contributed by atoms with Gasteiger partial charge < -0.3 is 14.2 Å². The molecule has 268 valence electrons. The average molecular weight is 709 g/mol. The maximum atomic E-state index is 15.9. The Morgan fingerprint density at radius 2 is 0.704 bits per heavy atom. The normalized spacial score (nSPS) is 10.9. The first-order valence-corrected chi connectivity index (χ1v) is 18.1. The van der Waals surface area contributed by atoms with Crippen molar-refractivity contribution in [1.82, 2.24) is 0 Å². The van der Waals surface area contributed by atoms with E-state index >= 15 is 4.79 Å². The van der Waals surface area contributed by atoms with Crippen LogP contribution in [0.2, 0.25) is 0 Å². The van der Waals surface area contributed by atoms with Crippen molar-refractivity contribution in [2.75, 3.05) is 21.3 Å². The highest BCUT2D eigenvalue weighted by atomic mass is 16.5. The summed E-state index contributed by atoms with van der Waals surface area (Å²) in [6.45, 7) is 8.39. The largest absolute Gasteiger partial charge is 0.493 e. The predicted octanol–water partition coefficient (Wildman–Crippen LogP) is 12.5. The molecule has 54 heavy (non-hydrogen) atoms. The second-order valence-corrected chi connectivity index (χ2v) is 13.8. The van der Waals surface area contributed by atoms with Crippen LogP contribution in [-0.2, 0) is 0 Å². The number of hydrogen-bond acceptors (Lipinski definition) is 4. The molecule has 0 spiro atoms. The van der Waals surface area contributed by atoms with Crippen molar-refractivity contribution < 1.29 is 19.0 Å². The monoisotopic (exact) mass is 708 g/mol. The van der Waals surface area contributed by atoms with Gasteiger partial charge in [-0.3, -0.25) is 4.79 Å². The molecule has 0 saturated carbocycles. The van der Waals surface area contributed by atoms with Gasteiger partial charge >= 0.3 is 0 Å². The highest BCUT2D eigenvalue weighted by Crippen LogP contribution is 2.54. The first-order chi connectivity index (χ1) is 26.2. The highest BCUT2D eigenvalue weighted by Gasteiger charge is 2.32. The second-order valence-electron chi connectivity index (χ2n) is 13.8. The summed E-state index contributed by atoms with van der Waals surface area (Å²) in [5, 5.41) is 0. The van der Waals surface area contributed by atoms with E-state index < -0.39 is 0 Å². The molecule has 4 heteroatoms. The van der Waals surface area contributed by atoms with Crippen molar-refractivity contribution in [3.8, 4) is 72.9 Å². The first kappa shape index (κ1) is 36.0. The number of hydrogen-bond donors (Lipinski definition) is 0. The Bertz CT molecular complexity index is 2420. The zero-order valence-electron chi connectivity index (χ0n) is 31.9. The number of ether oxygens (including phenoxy) is 3. The molecule has 0 aliphatic heterocycles. The van der Waals surface area contributed by atoms with Crippen LogP contribution in [0.4, 0.5) is 0 Å². The molecule has 0 aliphatic rings. The Morgan fingerprint density at radius 3 is 1.04 bits per heavy atom.